The van der Waals surface area contributed by atoms with E-state index in [2.05, 4.69) is 10.3 Å². The number of fused-ring (bicyclic) bond motifs is 3. The number of benzene rings is 1. The van der Waals surface area contributed by atoms with Crippen LogP contribution in [0.1, 0.15) is 40.5 Å². The molecule has 0 amide bonds. The smallest absolute Gasteiger partial charge is 0.374 e. The summed E-state index contributed by atoms with van der Waals surface area (Å²) >= 11 is 0. The lowest BCUT2D eigenvalue weighted by Crippen LogP contribution is -2.34. The molecule has 0 saturated carbocycles. The van der Waals surface area contributed by atoms with Crippen LogP contribution in [0.5, 0.6) is 5.75 Å². The van der Waals surface area contributed by atoms with Gasteiger partial charge in [-0.15, -0.1) is 0 Å². The molecule has 0 bridgehead atoms. The molecule has 1 aliphatic rings. The largest absolute Gasteiger partial charge is 0.486 e. The van der Waals surface area contributed by atoms with Crippen molar-refractivity contribution in [3.05, 3.63) is 53.1 Å². The Morgan fingerprint density at radius 2 is 2.14 bits per heavy atom. The van der Waals surface area contributed by atoms with Crippen LogP contribution in [0.4, 0.5) is 0 Å². The van der Waals surface area contributed by atoms with Gasteiger partial charge in [-0.1, -0.05) is 0 Å². The summed E-state index contributed by atoms with van der Waals surface area (Å²) in [7, 11) is 0. The van der Waals surface area contributed by atoms with Gasteiger partial charge in [-0.2, -0.15) is 0 Å². The van der Waals surface area contributed by atoms with Crippen LogP contribution in [0, 0.1) is 0 Å². The Bertz CT molecular complexity index is 1030. The fraction of sp³-hybridized carbons (Fsp3) is 0.300. The van der Waals surface area contributed by atoms with Crippen LogP contribution in [-0.4, -0.2) is 35.2 Å². The number of H-pyrrole nitrogens is 1. The van der Waals surface area contributed by atoms with Gasteiger partial charge >= 0.3 is 11.9 Å². The van der Waals surface area contributed by atoms with Gasteiger partial charge in [0.05, 0.1) is 6.61 Å². The average Bonchev–Trinajstić information content (AvgIpc) is 3.30. The van der Waals surface area contributed by atoms with Crippen LogP contribution < -0.4 is 10.1 Å². The Labute approximate surface area is 160 Å². The van der Waals surface area contributed by atoms with E-state index >= 15 is 0 Å². The van der Waals surface area contributed by atoms with E-state index < -0.39 is 18.0 Å². The number of furan rings is 1. The van der Waals surface area contributed by atoms with E-state index in [1.165, 1.54) is 0 Å². The number of carbonyl (C=O) groups excluding carboxylic acids is 1. The van der Waals surface area contributed by atoms with E-state index in [4.69, 9.17) is 13.9 Å². The lowest BCUT2D eigenvalue weighted by Gasteiger charge is -2.20. The first-order valence-electron chi connectivity index (χ1n) is 9.06. The van der Waals surface area contributed by atoms with Gasteiger partial charge in [0.15, 0.2) is 0 Å². The summed E-state index contributed by atoms with van der Waals surface area (Å²) in [6, 6.07) is 8.07. The number of aromatic amines is 1. The zero-order chi connectivity index (χ0) is 19.7. The first-order chi connectivity index (χ1) is 13.6. The number of ether oxygens (including phenoxy) is 2. The molecule has 3 heterocycles. The summed E-state index contributed by atoms with van der Waals surface area (Å²) in [4.78, 5) is 26.3. The van der Waals surface area contributed by atoms with Crippen LogP contribution >= 0.6 is 0 Å². The molecule has 1 aliphatic heterocycles. The van der Waals surface area contributed by atoms with E-state index in [0.717, 1.165) is 22.9 Å². The van der Waals surface area contributed by atoms with Gasteiger partial charge in [-0.3, -0.25) is 10.1 Å². The summed E-state index contributed by atoms with van der Waals surface area (Å²) in [5.41, 5.74) is 2.56. The van der Waals surface area contributed by atoms with Crippen LogP contribution in [0.2, 0.25) is 0 Å². The Morgan fingerprint density at radius 1 is 1.29 bits per heavy atom. The number of rotatable bonds is 6. The lowest BCUT2D eigenvalue weighted by molar-refractivity contribution is -0.139. The molecule has 4 rings (SSSR count). The average molecular weight is 384 g/mol. The molecule has 3 N–H and O–H groups in total. The van der Waals surface area contributed by atoms with Crippen molar-refractivity contribution in [2.24, 2.45) is 0 Å². The summed E-state index contributed by atoms with van der Waals surface area (Å²) < 4.78 is 16.1. The molecule has 1 unspecified atom stereocenters. The summed E-state index contributed by atoms with van der Waals surface area (Å²) in [6.07, 6.45) is 0.740. The van der Waals surface area contributed by atoms with Gasteiger partial charge in [0.1, 0.15) is 24.2 Å². The molecule has 0 aliphatic carbocycles. The summed E-state index contributed by atoms with van der Waals surface area (Å²) in [6.45, 7) is 2.78. The monoisotopic (exact) mass is 384 g/mol. The van der Waals surface area contributed by atoms with Gasteiger partial charge in [-0.05, 0) is 49.2 Å². The highest BCUT2D eigenvalue weighted by atomic mass is 16.5. The van der Waals surface area contributed by atoms with Gasteiger partial charge in [0, 0.05) is 23.1 Å². The fourth-order valence-electron chi connectivity index (χ4n) is 3.43. The van der Waals surface area contributed by atoms with E-state index in [-0.39, 0.29) is 19.0 Å². The van der Waals surface area contributed by atoms with Crippen molar-refractivity contribution in [3.63, 3.8) is 0 Å². The molecule has 0 fully saturated rings. The second kappa shape index (κ2) is 7.40. The molecule has 1 aromatic carbocycles. The Hall–Kier alpha value is -3.26. The Morgan fingerprint density at radius 3 is 2.93 bits per heavy atom. The van der Waals surface area contributed by atoms with Crippen molar-refractivity contribution in [2.75, 3.05) is 13.2 Å². The van der Waals surface area contributed by atoms with Gasteiger partial charge in [0.25, 0.3) is 0 Å². The zero-order valence-corrected chi connectivity index (χ0v) is 15.3. The summed E-state index contributed by atoms with van der Waals surface area (Å²) in [5, 5.41) is 13.4. The number of hydrogen-bond donors (Lipinski definition) is 3. The predicted octanol–water partition coefficient (Wildman–Crippen LogP) is 2.79. The molecule has 3 aromatic rings. The standard InChI is InChI=1S/C20H20N2O6/c1-2-26-20(25)16-6-4-12(28-16)10-27-11-3-5-15-14(9-11)13-7-8-21-18(19(23)24)17(13)22-15/h3-6,9,18,21-22H,2,7-8,10H2,1H3,(H,23,24). The maximum absolute atomic E-state index is 11.7. The van der Waals surface area contributed by atoms with Crippen molar-refractivity contribution in [1.29, 1.82) is 0 Å². The number of carbonyl (C=O) groups is 2. The third kappa shape index (κ3) is 3.34. The molecule has 28 heavy (non-hydrogen) atoms. The highest BCUT2D eigenvalue weighted by Gasteiger charge is 2.29. The molecule has 8 nitrogen and oxygen atoms in total. The minimum Gasteiger partial charge on any atom is -0.486 e. The van der Waals surface area contributed by atoms with E-state index in [1.807, 2.05) is 18.2 Å². The van der Waals surface area contributed by atoms with Crippen molar-refractivity contribution in [3.8, 4) is 5.75 Å². The van der Waals surface area contributed by atoms with Crippen LogP contribution in [0.25, 0.3) is 10.9 Å². The van der Waals surface area contributed by atoms with Crippen LogP contribution in [0.15, 0.2) is 34.7 Å². The van der Waals surface area contributed by atoms with Gasteiger partial charge in [0.2, 0.25) is 5.76 Å². The number of carboxylic acids is 1. The lowest BCUT2D eigenvalue weighted by atomic mass is 9.99. The molecular formula is C20H20N2O6. The van der Waals surface area contributed by atoms with Crippen molar-refractivity contribution in [1.82, 2.24) is 10.3 Å². The third-order valence-corrected chi connectivity index (χ3v) is 4.69. The Balaban J connectivity index is 1.52. The maximum Gasteiger partial charge on any atom is 0.374 e. The quantitative estimate of drug-likeness (QED) is 0.560. The number of aromatic nitrogens is 1. The van der Waals surface area contributed by atoms with Crippen molar-refractivity contribution < 1.29 is 28.6 Å². The highest BCUT2D eigenvalue weighted by molar-refractivity contribution is 5.89. The predicted molar refractivity (Wildman–Crippen MR) is 99.4 cm³/mol. The molecule has 146 valence electrons. The molecule has 0 spiro atoms. The molecule has 0 radical (unpaired) electrons. The molecular weight excluding hydrogens is 364 g/mol. The molecule has 1 atom stereocenters. The first-order valence-corrected chi connectivity index (χ1v) is 9.06. The SMILES string of the molecule is CCOC(=O)c1ccc(COc2ccc3[nH]c4c(c3c2)CCNC4C(=O)O)o1. The van der Waals surface area contributed by atoms with Gasteiger partial charge in [-0.25, -0.2) is 4.79 Å². The van der Waals surface area contributed by atoms with Crippen molar-refractivity contribution in [2.45, 2.75) is 26.0 Å². The summed E-state index contributed by atoms with van der Waals surface area (Å²) in [5.74, 6) is -0.124. The fourth-order valence-corrected chi connectivity index (χ4v) is 3.43. The van der Waals surface area contributed by atoms with Crippen LogP contribution in [-0.2, 0) is 22.6 Å². The van der Waals surface area contributed by atoms with E-state index in [1.54, 1.807) is 19.1 Å². The maximum atomic E-state index is 11.7. The number of esters is 1. The number of aliphatic carboxylic acids is 1. The topological polar surface area (TPSA) is 114 Å². The van der Waals surface area contributed by atoms with Crippen molar-refractivity contribution >= 4 is 22.8 Å². The normalized spacial score (nSPS) is 16.0. The van der Waals surface area contributed by atoms with Gasteiger partial charge < -0.3 is 24.0 Å². The number of nitrogens with one attached hydrogen (secondary N) is 2. The van der Waals surface area contributed by atoms with E-state index in [9.17, 15) is 14.7 Å². The minimum absolute atomic E-state index is 0.141. The van der Waals surface area contributed by atoms with E-state index in [0.29, 0.717) is 23.7 Å². The minimum atomic E-state index is -0.904. The highest BCUT2D eigenvalue weighted by Crippen LogP contribution is 2.32. The number of carboxylic acid groups (broad SMARTS) is 1. The second-order valence-electron chi connectivity index (χ2n) is 6.48. The Kier molecular flexibility index (Phi) is 4.79. The molecule has 8 heteroatoms. The third-order valence-electron chi connectivity index (χ3n) is 4.69. The number of hydrogen-bond acceptors (Lipinski definition) is 6. The molecule has 0 saturated heterocycles. The van der Waals surface area contributed by atoms with Crippen LogP contribution in [0.3, 0.4) is 0 Å². The molecule has 2 aromatic heterocycles. The first kappa shape index (κ1) is 18.1. The zero-order valence-electron chi connectivity index (χ0n) is 15.3. The second-order valence-corrected chi connectivity index (χ2v) is 6.48.